The molecule has 0 aromatic heterocycles. The Labute approximate surface area is 100 Å². The molecule has 3 heteroatoms. The molecule has 0 aliphatic heterocycles. The summed E-state index contributed by atoms with van der Waals surface area (Å²) < 4.78 is 10.3. The lowest BCUT2D eigenvalue weighted by atomic mass is 10.2. The number of benzene rings is 1. The highest BCUT2D eigenvalue weighted by Gasteiger charge is 2.04. The Morgan fingerprint density at radius 3 is 2.75 bits per heavy atom. The topological polar surface area (TPSA) is 18.5 Å². The van der Waals surface area contributed by atoms with Crippen molar-refractivity contribution < 1.29 is 9.47 Å². The first kappa shape index (κ1) is 13.2. The zero-order chi connectivity index (χ0) is 11.8. The zero-order valence-electron chi connectivity index (χ0n) is 10.1. The summed E-state index contributed by atoms with van der Waals surface area (Å²) in [4.78, 5) is 0. The molecule has 0 saturated carbocycles. The molecule has 0 unspecified atom stereocenters. The number of hydrogen-bond donors (Lipinski definition) is 0. The molecule has 0 amide bonds. The molecule has 2 nitrogen and oxygen atoms in total. The van der Waals surface area contributed by atoms with Gasteiger partial charge in [-0.3, -0.25) is 0 Å². The molecule has 0 saturated heterocycles. The Kier molecular flexibility index (Phi) is 6.07. The quantitative estimate of drug-likeness (QED) is 0.528. The molecule has 0 aliphatic carbocycles. The maximum absolute atomic E-state index is 5.17. The third-order valence-corrected chi connectivity index (χ3v) is 4.40. The van der Waals surface area contributed by atoms with E-state index in [4.69, 9.17) is 9.47 Å². The summed E-state index contributed by atoms with van der Waals surface area (Å²) >= 11 is 0. The Bertz CT molecular complexity index is 321. The van der Waals surface area contributed by atoms with E-state index in [0.717, 1.165) is 6.42 Å². The van der Waals surface area contributed by atoms with Crippen molar-refractivity contribution in [2.45, 2.75) is 18.8 Å². The summed E-state index contributed by atoms with van der Waals surface area (Å²) in [5.41, 5.74) is 1.21. The van der Waals surface area contributed by atoms with Gasteiger partial charge in [0.2, 0.25) is 0 Å². The maximum atomic E-state index is 5.17. The van der Waals surface area contributed by atoms with E-state index in [-0.39, 0.29) is 15.8 Å². The molecule has 1 aromatic carbocycles. The molecule has 0 heterocycles. The minimum absolute atomic E-state index is 0.0462. The molecule has 88 valence electrons. The van der Waals surface area contributed by atoms with E-state index in [1.54, 1.807) is 14.2 Å². The first-order valence-electron chi connectivity index (χ1n) is 5.57. The number of ether oxygens (including phenoxy) is 2. The monoisotopic (exact) mass is 236 g/mol. The summed E-state index contributed by atoms with van der Waals surface area (Å²) in [7, 11) is 3.17. The predicted molar refractivity (Wildman–Crippen MR) is 71.9 cm³/mol. The minimum Gasteiger partial charge on any atom is -0.356 e. The second-order valence-electron chi connectivity index (χ2n) is 3.74. The van der Waals surface area contributed by atoms with Crippen molar-refractivity contribution >= 4 is 20.8 Å². The van der Waals surface area contributed by atoms with Crippen LogP contribution in [0.2, 0.25) is 6.04 Å². The molecule has 0 aliphatic rings. The molecule has 0 spiro atoms. The van der Waals surface area contributed by atoms with E-state index >= 15 is 0 Å². The van der Waals surface area contributed by atoms with Crippen LogP contribution in [0.1, 0.15) is 12.0 Å². The summed E-state index contributed by atoms with van der Waals surface area (Å²) in [6, 6.07) is 9.82. The fourth-order valence-corrected chi connectivity index (χ4v) is 3.31. The molecular weight excluding hydrogens is 216 g/mol. The smallest absolute Gasteiger partial charge is 0.156 e. The highest BCUT2D eigenvalue weighted by molar-refractivity contribution is 6.53. The number of methoxy groups -OCH3 is 2. The molecule has 0 radical (unpaired) electrons. The lowest BCUT2D eigenvalue weighted by Gasteiger charge is -2.12. The van der Waals surface area contributed by atoms with E-state index in [2.05, 4.69) is 30.8 Å². The fraction of sp³-hybridized carbons (Fsp3) is 0.385. The fourth-order valence-electron chi connectivity index (χ4n) is 1.68. The third kappa shape index (κ3) is 4.31. The van der Waals surface area contributed by atoms with Gasteiger partial charge in [0, 0.05) is 14.2 Å². The van der Waals surface area contributed by atoms with Crippen LogP contribution in [0, 0.1) is 0 Å². The summed E-state index contributed by atoms with van der Waals surface area (Å²) in [6.45, 7) is 3.78. The molecule has 1 aromatic rings. The van der Waals surface area contributed by atoms with Gasteiger partial charge in [0.1, 0.15) is 0 Å². The van der Waals surface area contributed by atoms with Crippen LogP contribution in [0.4, 0.5) is 0 Å². The van der Waals surface area contributed by atoms with Crippen molar-refractivity contribution in [3.63, 3.8) is 0 Å². The van der Waals surface area contributed by atoms with Crippen LogP contribution < -0.4 is 5.19 Å². The van der Waals surface area contributed by atoms with Crippen molar-refractivity contribution in [1.29, 1.82) is 0 Å². The first-order valence-corrected chi connectivity index (χ1v) is 7.28. The summed E-state index contributed by atoms with van der Waals surface area (Å²) in [5.74, 6) is 0. The van der Waals surface area contributed by atoms with Gasteiger partial charge in [0.05, 0.1) is 9.52 Å². The van der Waals surface area contributed by atoms with Gasteiger partial charge in [0.15, 0.2) is 6.29 Å². The molecule has 0 bridgehead atoms. The first-order chi connectivity index (χ1) is 7.80. The lowest BCUT2D eigenvalue weighted by molar-refractivity contribution is -0.103. The van der Waals surface area contributed by atoms with Gasteiger partial charge in [-0.2, -0.15) is 0 Å². The van der Waals surface area contributed by atoms with Crippen LogP contribution in [-0.2, 0) is 9.47 Å². The van der Waals surface area contributed by atoms with E-state index in [9.17, 15) is 0 Å². The Balaban J connectivity index is 2.39. The van der Waals surface area contributed by atoms with Crippen LogP contribution in [0.15, 0.2) is 30.8 Å². The molecular formula is C13H20O2Si. The minimum atomic E-state index is -0.211. The van der Waals surface area contributed by atoms with Crippen molar-refractivity contribution in [3.05, 3.63) is 36.4 Å². The van der Waals surface area contributed by atoms with Crippen LogP contribution in [0.5, 0.6) is 0 Å². The van der Waals surface area contributed by atoms with Gasteiger partial charge in [-0.05, 0) is 12.0 Å². The average Bonchev–Trinajstić information content (AvgIpc) is 2.35. The standard InChI is InChI=1S/C13H20O2Si/c1-4-11-6-5-7-12(10-11)16-9-8-13(14-2)15-3/h4-7,10,13H,1,8-9,16H2,2-3H3. The summed E-state index contributed by atoms with van der Waals surface area (Å²) in [5, 5.41) is 1.48. The molecule has 0 N–H and O–H groups in total. The summed E-state index contributed by atoms with van der Waals surface area (Å²) in [6.07, 6.45) is 2.83. The molecule has 1 rings (SSSR count). The van der Waals surface area contributed by atoms with Crippen LogP contribution in [0.3, 0.4) is 0 Å². The molecule has 16 heavy (non-hydrogen) atoms. The lowest BCUT2D eigenvalue weighted by Crippen LogP contribution is -2.18. The Morgan fingerprint density at radius 2 is 2.12 bits per heavy atom. The van der Waals surface area contributed by atoms with Crippen LogP contribution in [-0.4, -0.2) is 30.0 Å². The van der Waals surface area contributed by atoms with Crippen molar-refractivity contribution in [1.82, 2.24) is 0 Å². The van der Waals surface area contributed by atoms with Crippen molar-refractivity contribution in [3.8, 4) is 0 Å². The average molecular weight is 236 g/mol. The second kappa shape index (κ2) is 7.38. The van der Waals surface area contributed by atoms with Gasteiger partial charge in [0.25, 0.3) is 0 Å². The van der Waals surface area contributed by atoms with E-state index in [1.807, 2.05) is 6.08 Å². The number of hydrogen-bond acceptors (Lipinski definition) is 2. The predicted octanol–water partition coefficient (Wildman–Crippen LogP) is 1.55. The second-order valence-corrected chi connectivity index (χ2v) is 5.77. The normalized spacial score (nSPS) is 11.4. The maximum Gasteiger partial charge on any atom is 0.156 e. The van der Waals surface area contributed by atoms with E-state index < -0.39 is 0 Å². The molecule has 0 fully saturated rings. The van der Waals surface area contributed by atoms with Gasteiger partial charge >= 0.3 is 0 Å². The Morgan fingerprint density at radius 1 is 1.38 bits per heavy atom. The van der Waals surface area contributed by atoms with Gasteiger partial charge in [-0.1, -0.05) is 48.2 Å². The number of rotatable bonds is 7. The Hall–Kier alpha value is -0.903. The van der Waals surface area contributed by atoms with Crippen LogP contribution in [0.25, 0.3) is 6.08 Å². The highest BCUT2D eigenvalue weighted by atomic mass is 28.2. The van der Waals surface area contributed by atoms with Crippen molar-refractivity contribution in [2.75, 3.05) is 14.2 Å². The van der Waals surface area contributed by atoms with E-state index in [0.29, 0.717) is 0 Å². The van der Waals surface area contributed by atoms with Gasteiger partial charge in [-0.15, -0.1) is 0 Å². The van der Waals surface area contributed by atoms with E-state index in [1.165, 1.54) is 16.8 Å². The molecule has 0 atom stereocenters. The van der Waals surface area contributed by atoms with Crippen LogP contribution >= 0.6 is 0 Å². The highest BCUT2D eigenvalue weighted by Crippen LogP contribution is 2.03. The zero-order valence-corrected chi connectivity index (χ0v) is 11.5. The SMILES string of the molecule is C=Cc1cccc([SiH2]CCC(OC)OC)c1. The largest absolute Gasteiger partial charge is 0.356 e. The van der Waals surface area contributed by atoms with Gasteiger partial charge < -0.3 is 9.47 Å². The van der Waals surface area contributed by atoms with Gasteiger partial charge in [-0.25, -0.2) is 0 Å². The third-order valence-electron chi connectivity index (χ3n) is 2.62. The van der Waals surface area contributed by atoms with Crippen molar-refractivity contribution in [2.24, 2.45) is 0 Å².